The lowest BCUT2D eigenvalue weighted by Gasteiger charge is -2.63. The van der Waals surface area contributed by atoms with Gasteiger partial charge in [-0.25, -0.2) is 0 Å². The van der Waals surface area contributed by atoms with Crippen LogP contribution in [0, 0.1) is 50.7 Å². The summed E-state index contributed by atoms with van der Waals surface area (Å²) in [6.45, 7) is 14.8. The van der Waals surface area contributed by atoms with Crippen LogP contribution >= 0.6 is 11.8 Å². The minimum absolute atomic E-state index is 0.0139. The predicted molar refractivity (Wildman–Crippen MR) is 185 cm³/mol. The lowest BCUT2D eigenvalue weighted by molar-refractivity contribution is -0.169. The van der Waals surface area contributed by atoms with Gasteiger partial charge in [0.25, 0.3) is 11.8 Å². The van der Waals surface area contributed by atoms with Crippen LogP contribution < -0.4 is 0 Å². The molecule has 11 atom stereocenters. The van der Waals surface area contributed by atoms with Crippen molar-refractivity contribution in [3.8, 4) is 0 Å². The molecule has 0 bridgehead atoms. The van der Waals surface area contributed by atoms with E-state index in [0.29, 0.717) is 60.2 Å². The van der Waals surface area contributed by atoms with Crippen LogP contribution in [0.4, 0.5) is 0 Å². The molecule has 1 aromatic rings. The molecule has 5 aliphatic carbocycles. The van der Waals surface area contributed by atoms with Gasteiger partial charge in [-0.3, -0.25) is 24.3 Å². The Morgan fingerprint density at radius 2 is 1.66 bits per heavy atom. The van der Waals surface area contributed by atoms with E-state index in [0.717, 1.165) is 37.9 Å². The number of rotatable bonds is 6. The molecule has 47 heavy (non-hydrogen) atoms. The number of aliphatic imine (C=N–C) groups is 1. The molecule has 2 aliphatic heterocycles. The molecule has 2 spiro atoms. The molecular formula is C39H53N3O4S. The zero-order valence-corrected chi connectivity index (χ0v) is 30.2. The number of likely N-dealkylation sites (N-methyl/N-ethyl adjacent to an activating group) is 1. The summed E-state index contributed by atoms with van der Waals surface area (Å²) in [5.41, 5.74) is 0.514. The number of ketones is 1. The summed E-state index contributed by atoms with van der Waals surface area (Å²) in [6, 6.07) is 7.39. The molecule has 0 unspecified atom stereocenters. The molecule has 5 fully saturated rings. The average Bonchev–Trinajstić information content (AvgIpc) is 3.60. The molecular weight excluding hydrogens is 607 g/mol. The Bertz CT molecular complexity index is 1560. The molecule has 2 heterocycles. The second-order valence-electron chi connectivity index (χ2n) is 17.7. The Labute approximate surface area is 284 Å². The number of aliphatic hydroxyl groups is 1. The maximum absolute atomic E-state index is 14.9. The number of hydrogen-bond acceptors (Lipinski definition) is 7. The highest BCUT2D eigenvalue weighted by Crippen LogP contribution is 2.88. The largest absolute Gasteiger partial charge is 0.393 e. The first-order chi connectivity index (χ1) is 22.2. The molecule has 8 heteroatoms. The van der Waals surface area contributed by atoms with Crippen LogP contribution in [0.25, 0.3) is 0 Å². The fraction of sp³-hybridized carbons (Fsp3) is 0.744. The van der Waals surface area contributed by atoms with E-state index in [4.69, 9.17) is 4.99 Å². The molecule has 7 aliphatic rings. The molecule has 5 saturated carbocycles. The lowest BCUT2D eigenvalue weighted by atomic mass is 9.41. The SMILES string of the molecule is CC(C)C1=N[C@H]2CC[C@]34C[C@@]35C(=O)C[C@]3(C)[C@@H]([C@H](C)N(C)CCN6C(=O)c7ccccc7C6=O)[C@H](O)C[C@@]3(C)[C@@H]5CC[C@H]4[C@]2(C)CS1. The Balaban J connectivity index is 1.03. The number of carbonyl (C=O) groups is 3. The Morgan fingerprint density at radius 3 is 2.32 bits per heavy atom. The van der Waals surface area contributed by atoms with E-state index in [1.165, 1.54) is 16.4 Å². The van der Waals surface area contributed by atoms with E-state index in [-0.39, 0.29) is 50.8 Å². The minimum atomic E-state index is -0.496. The molecule has 1 aromatic carbocycles. The minimum Gasteiger partial charge on any atom is -0.393 e. The molecule has 2 amide bonds. The van der Waals surface area contributed by atoms with Crippen LogP contribution in [0.5, 0.6) is 0 Å². The van der Waals surface area contributed by atoms with Crippen LogP contribution in [0.1, 0.15) is 107 Å². The van der Waals surface area contributed by atoms with Gasteiger partial charge in [0.1, 0.15) is 5.78 Å². The van der Waals surface area contributed by atoms with E-state index in [2.05, 4.69) is 46.4 Å². The number of thioether (sulfide) groups is 1. The van der Waals surface area contributed by atoms with Gasteiger partial charge in [0, 0.05) is 54.0 Å². The summed E-state index contributed by atoms with van der Waals surface area (Å²) in [4.78, 5) is 49.8. The number of amides is 2. The van der Waals surface area contributed by atoms with Crippen molar-refractivity contribution in [1.29, 1.82) is 0 Å². The quantitative estimate of drug-likeness (QED) is 0.359. The first kappa shape index (κ1) is 32.2. The summed E-state index contributed by atoms with van der Waals surface area (Å²) < 4.78 is 0. The number of benzene rings is 1. The summed E-state index contributed by atoms with van der Waals surface area (Å²) in [5, 5.41) is 13.3. The van der Waals surface area contributed by atoms with E-state index in [1.54, 1.807) is 24.3 Å². The third-order valence-corrected chi connectivity index (χ3v) is 17.4. The van der Waals surface area contributed by atoms with Gasteiger partial charge in [0.05, 0.1) is 28.3 Å². The standard InChI is InChI=1S/C39H53N3O4S/c1-22(2)32-40-29-14-15-38-20-39(38)28(13-12-27(38)35(29,4)21-47-32)36(5)18-26(43)31(37(36,6)19-30(39)44)23(3)41(7)16-17-42-33(45)24-10-8-9-11-25(24)34(42)46/h8-11,22-23,26-29,31,43H,12-21H2,1-7H3/t23-,26+,27-,28-,29-,31-,35-,36-,37+,38+,39+/m0/s1. The van der Waals surface area contributed by atoms with Gasteiger partial charge in [-0.15, -0.1) is 11.8 Å². The van der Waals surface area contributed by atoms with Crippen molar-refractivity contribution in [3.05, 3.63) is 35.4 Å². The molecule has 7 nitrogen and oxygen atoms in total. The van der Waals surface area contributed by atoms with E-state index >= 15 is 0 Å². The van der Waals surface area contributed by atoms with Crippen molar-refractivity contribution in [2.24, 2.45) is 55.7 Å². The number of Topliss-reactive ketones (excluding diaryl/α,β-unsaturated/α-hetero) is 1. The van der Waals surface area contributed by atoms with Gasteiger partial charge in [-0.1, -0.05) is 46.8 Å². The first-order valence-corrected chi connectivity index (χ1v) is 19.2. The highest BCUT2D eigenvalue weighted by atomic mass is 32.2. The second kappa shape index (κ2) is 10.3. The zero-order valence-electron chi connectivity index (χ0n) is 29.3. The average molecular weight is 660 g/mol. The number of carbonyl (C=O) groups excluding carboxylic acids is 3. The van der Waals surface area contributed by atoms with Crippen LogP contribution in [-0.2, 0) is 4.79 Å². The van der Waals surface area contributed by atoms with Gasteiger partial charge in [-0.2, -0.15) is 0 Å². The third-order valence-electron chi connectivity index (χ3n) is 15.7. The van der Waals surface area contributed by atoms with E-state index < -0.39 is 6.10 Å². The predicted octanol–water partition coefficient (Wildman–Crippen LogP) is 6.34. The van der Waals surface area contributed by atoms with E-state index in [1.807, 2.05) is 18.8 Å². The van der Waals surface area contributed by atoms with Crippen LogP contribution in [-0.4, -0.2) is 81.6 Å². The van der Waals surface area contributed by atoms with Crippen molar-refractivity contribution >= 4 is 34.4 Å². The highest BCUT2D eigenvalue weighted by Gasteiger charge is 2.86. The molecule has 254 valence electrons. The van der Waals surface area contributed by atoms with Crippen LogP contribution in [0.15, 0.2) is 29.3 Å². The van der Waals surface area contributed by atoms with Crippen LogP contribution in [0.2, 0.25) is 0 Å². The Morgan fingerprint density at radius 1 is 1.00 bits per heavy atom. The van der Waals surface area contributed by atoms with Crippen molar-refractivity contribution in [3.63, 3.8) is 0 Å². The van der Waals surface area contributed by atoms with Crippen molar-refractivity contribution in [2.75, 3.05) is 25.9 Å². The summed E-state index contributed by atoms with van der Waals surface area (Å²) in [5.74, 6) is 2.39. The monoisotopic (exact) mass is 659 g/mol. The van der Waals surface area contributed by atoms with Gasteiger partial charge >= 0.3 is 0 Å². The molecule has 0 radical (unpaired) electrons. The Hall–Kier alpha value is -2.03. The molecule has 0 saturated heterocycles. The maximum atomic E-state index is 14.9. The number of fused-ring (bicyclic) bond motifs is 5. The first-order valence-electron chi connectivity index (χ1n) is 18.2. The highest BCUT2D eigenvalue weighted by molar-refractivity contribution is 8.14. The van der Waals surface area contributed by atoms with Crippen molar-refractivity contribution < 1.29 is 19.5 Å². The maximum Gasteiger partial charge on any atom is 0.261 e. The normalized spacial score (nSPS) is 45.6. The lowest BCUT2D eigenvalue weighted by Crippen LogP contribution is -2.62. The molecule has 0 aromatic heterocycles. The second-order valence-corrected chi connectivity index (χ2v) is 18.7. The van der Waals surface area contributed by atoms with Crippen molar-refractivity contribution in [1.82, 2.24) is 9.80 Å². The Kier molecular flexibility index (Phi) is 7.02. The molecule has 1 N–H and O–H groups in total. The smallest absolute Gasteiger partial charge is 0.261 e. The summed E-state index contributed by atoms with van der Waals surface area (Å²) in [6.07, 6.45) is 6.28. The van der Waals surface area contributed by atoms with Gasteiger partial charge in [-0.05, 0) is 92.7 Å². The summed E-state index contributed by atoms with van der Waals surface area (Å²) in [7, 11) is 2.04. The van der Waals surface area contributed by atoms with Gasteiger partial charge < -0.3 is 10.0 Å². The van der Waals surface area contributed by atoms with Gasteiger partial charge in [0.15, 0.2) is 0 Å². The zero-order chi connectivity index (χ0) is 33.5. The molecule has 8 rings (SSSR count). The number of nitrogens with zero attached hydrogens (tertiary/aromatic N) is 3. The fourth-order valence-corrected chi connectivity index (χ4v) is 14.6. The number of aliphatic hydroxyl groups excluding tert-OH is 1. The summed E-state index contributed by atoms with van der Waals surface area (Å²) >= 11 is 1.97. The fourth-order valence-electron chi connectivity index (χ4n) is 13.2. The van der Waals surface area contributed by atoms with Crippen LogP contribution in [0.3, 0.4) is 0 Å². The third kappa shape index (κ3) is 3.90. The number of hydrogen-bond donors (Lipinski definition) is 1. The topological polar surface area (TPSA) is 90.3 Å². The van der Waals surface area contributed by atoms with Gasteiger partial charge in [0.2, 0.25) is 0 Å². The van der Waals surface area contributed by atoms with E-state index in [9.17, 15) is 19.5 Å². The van der Waals surface area contributed by atoms with Crippen molar-refractivity contribution in [2.45, 2.75) is 105 Å². The number of imide groups is 1.